The summed E-state index contributed by atoms with van der Waals surface area (Å²) in [4.78, 5) is 33.3. The summed E-state index contributed by atoms with van der Waals surface area (Å²) in [5.74, 6) is 0.920. The smallest absolute Gasteiger partial charge is 0.325 e. The van der Waals surface area contributed by atoms with Crippen LogP contribution < -0.4 is 14.8 Å². The molecular weight excluding hydrogens is 454 g/mol. The Morgan fingerprint density at radius 2 is 2.03 bits per heavy atom. The summed E-state index contributed by atoms with van der Waals surface area (Å²) in [6, 6.07) is 6.89. The Balaban J connectivity index is 1.17. The zero-order chi connectivity index (χ0) is 24.5. The highest BCUT2D eigenvalue weighted by atomic mass is 16.6. The van der Waals surface area contributed by atoms with Gasteiger partial charge in [0.25, 0.3) is 12.1 Å². The minimum absolute atomic E-state index is 0.00276. The number of aliphatic hydroxyl groups excluding tert-OH is 3. The average Bonchev–Trinajstić information content (AvgIpc) is 3.57. The lowest BCUT2D eigenvalue weighted by molar-refractivity contribution is -0.765. The van der Waals surface area contributed by atoms with Crippen molar-refractivity contribution in [3.8, 4) is 0 Å². The van der Waals surface area contributed by atoms with E-state index >= 15 is 0 Å². The lowest BCUT2D eigenvalue weighted by Crippen LogP contribution is -2.46. The Kier molecular flexibility index (Phi) is 6.65. The zero-order valence-electron chi connectivity index (χ0n) is 19.2. The number of amides is 3. The number of nitrogens with one attached hydrogen (secondary N) is 1. The van der Waals surface area contributed by atoms with Crippen LogP contribution in [0.5, 0.6) is 0 Å². The molecule has 4 heterocycles. The van der Waals surface area contributed by atoms with E-state index in [1.165, 1.54) is 23.6 Å². The predicted octanol–water partition coefficient (Wildman–Crippen LogP) is -0.437. The zero-order valence-corrected chi connectivity index (χ0v) is 19.2. The fourth-order valence-electron chi connectivity index (χ4n) is 4.45. The summed E-state index contributed by atoms with van der Waals surface area (Å²) in [6.07, 6.45) is 2.92. The Morgan fingerprint density at radius 3 is 2.71 bits per heavy atom. The largest absolute Gasteiger partial charge is 0.394 e. The van der Waals surface area contributed by atoms with E-state index in [1.54, 1.807) is 35.5 Å². The fraction of sp³-hybridized carbons (Fsp3) is 0.500. The molecule has 5 rings (SSSR count). The molecule has 0 bridgehead atoms. The Labute approximate surface area is 202 Å². The second-order valence-corrected chi connectivity index (χ2v) is 9.30. The maximum absolute atomic E-state index is 12.7. The van der Waals surface area contributed by atoms with Gasteiger partial charge in [-0.3, -0.25) is 9.69 Å². The standard InChI is InChI=1S/C24H29N5O6/c30-14-18-20(31)21(32)23(35-18)27-7-1-2-17(13-27)22(33)26-11-16-5-6-19(25-10-16)29-9-8-28(24(29)34)12-15-3-4-15/h1-2,5-7,10,13,15,18,20-21,23,30-32H,3-4,8-9,11-12,14H2/p+1/t18-,20-,21-,23-/m1/s1. The molecule has 4 atom stereocenters. The number of rotatable bonds is 8. The molecule has 0 spiro atoms. The van der Waals surface area contributed by atoms with Crippen LogP contribution in [0.15, 0.2) is 42.9 Å². The summed E-state index contributed by atoms with van der Waals surface area (Å²) in [7, 11) is 0. The van der Waals surface area contributed by atoms with Gasteiger partial charge in [0.1, 0.15) is 23.6 Å². The second-order valence-electron chi connectivity index (χ2n) is 9.30. The number of pyridine rings is 2. The third-order valence-electron chi connectivity index (χ3n) is 6.70. The first-order valence-electron chi connectivity index (χ1n) is 11.9. The van der Waals surface area contributed by atoms with Crippen LogP contribution in [-0.4, -0.2) is 81.7 Å². The minimum atomic E-state index is -1.23. The predicted molar refractivity (Wildman–Crippen MR) is 122 cm³/mol. The van der Waals surface area contributed by atoms with Crippen LogP contribution in [0.3, 0.4) is 0 Å². The molecule has 11 nitrogen and oxygen atoms in total. The molecule has 3 amide bonds. The van der Waals surface area contributed by atoms with Crippen LogP contribution in [0, 0.1) is 5.92 Å². The fourth-order valence-corrected chi connectivity index (χ4v) is 4.45. The molecule has 11 heteroatoms. The van der Waals surface area contributed by atoms with Crippen molar-refractivity contribution in [2.75, 3.05) is 31.1 Å². The van der Waals surface area contributed by atoms with E-state index in [4.69, 9.17) is 4.74 Å². The van der Waals surface area contributed by atoms with Crippen molar-refractivity contribution in [2.24, 2.45) is 5.92 Å². The van der Waals surface area contributed by atoms with Crippen LogP contribution in [0.25, 0.3) is 0 Å². The maximum Gasteiger partial charge on any atom is 0.325 e. The molecule has 0 radical (unpaired) electrons. The number of carbonyl (C=O) groups is 2. The van der Waals surface area contributed by atoms with E-state index in [0.29, 0.717) is 30.4 Å². The van der Waals surface area contributed by atoms with Crippen molar-refractivity contribution in [3.05, 3.63) is 54.0 Å². The highest BCUT2D eigenvalue weighted by molar-refractivity contribution is 5.94. The SMILES string of the molecule is O=C(NCc1ccc(N2CCN(CC3CC3)C2=O)nc1)c1ccc[n+]([C@@H]2O[C@H](CO)[C@@H](O)[C@H]2O)c1. The molecule has 0 unspecified atom stereocenters. The topological polar surface area (TPSA) is 139 Å². The van der Waals surface area contributed by atoms with Crippen LogP contribution in [0.4, 0.5) is 10.6 Å². The first-order chi connectivity index (χ1) is 16.9. The molecule has 3 aliphatic rings. The molecule has 2 aromatic heterocycles. The van der Waals surface area contributed by atoms with E-state index in [9.17, 15) is 24.9 Å². The van der Waals surface area contributed by atoms with Gasteiger partial charge in [0.2, 0.25) is 0 Å². The van der Waals surface area contributed by atoms with Gasteiger partial charge in [-0.25, -0.2) is 9.78 Å². The van der Waals surface area contributed by atoms with Gasteiger partial charge in [0.05, 0.1) is 6.61 Å². The molecule has 0 aromatic carbocycles. The maximum atomic E-state index is 12.7. The van der Waals surface area contributed by atoms with Gasteiger partial charge < -0.3 is 30.3 Å². The van der Waals surface area contributed by atoms with Gasteiger partial charge in [-0.05, 0) is 36.5 Å². The van der Waals surface area contributed by atoms with Crippen LogP contribution in [-0.2, 0) is 11.3 Å². The van der Waals surface area contributed by atoms with Crippen molar-refractivity contribution in [1.82, 2.24) is 15.2 Å². The highest BCUT2D eigenvalue weighted by Gasteiger charge is 2.48. The highest BCUT2D eigenvalue weighted by Crippen LogP contribution is 2.31. The number of hydrogen-bond acceptors (Lipinski definition) is 7. The number of nitrogens with zero attached hydrogens (tertiary/aromatic N) is 4. The van der Waals surface area contributed by atoms with Crippen molar-refractivity contribution in [3.63, 3.8) is 0 Å². The van der Waals surface area contributed by atoms with Crippen molar-refractivity contribution in [2.45, 2.75) is 43.9 Å². The Bertz CT molecular complexity index is 1080. The first-order valence-corrected chi connectivity index (χ1v) is 11.9. The number of anilines is 1. The lowest BCUT2D eigenvalue weighted by Gasteiger charge is -2.18. The van der Waals surface area contributed by atoms with E-state index < -0.39 is 31.1 Å². The Hall–Kier alpha value is -3.12. The van der Waals surface area contributed by atoms with Crippen molar-refractivity contribution < 1.29 is 34.2 Å². The third kappa shape index (κ3) is 4.98. The van der Waals surface area contributed by atoms with Crippen molar-refractivity contribution >= 4 is 17.8 Å². The third-order valence-corrected chi connectivity index (χ3v) is 6.70. The minimum Gasteiger partial charge on any atom is -0.394 e. The second kappa shape index (κ2) is 9.86. The van der Waals surface area contributed by atoms with Crippen LogP contribution in [0.1, 0.15) is 35.0 Å². The van der Waals surface area contributed by atoms with Gasteiger partial charge in [-0.1, -0.05) is 6.07 Å². The molecular formula is C24H30N5O6+. The summed E-state index contributed by atoms with van der Waals surface area (Å²) < 4.78 is 7.01. The first kappa shape index (κ1) is 23.6. The lowest BCUT2D eigenvalue weighted by atomic mass is 10.1. The normalized spacial score (nSPS) is 26.4. The summed E-state index contributed by atoms with van der Waals surface area (Å²) in [5, 5.41) is 32.3. The number of carbonyl (C=O) groups excluding carboxylic acids is 2. The van der Waals surface area contributed by atoms with E-state index in [2.05, 4.69) is 10.3 Å². The number of hydrogen-bond donors (Lipinski definition) is 4. The van der Waals surface area contributed by atoms with Gasteiger partial charge in [0, 0.05) is 38.4 Å². The van der Waals surface area contributed by atoms with E-state index in [0.717, 1.165) is 12.1 Å². The molecule has 1 saturated carbocycles. The summed E-state index contributed by atoms with van der Waals surface area (Å²) in [6.45, 7) is 1.99. The summed E-state index contributed by atoms with van der Waals surface area (Å²) >= 11 is 0. The number of ether oxygens (including phenoxy) is 1. The summed E-state index contributed by atoms with van der Waals surface area (Å²) in [5.41, 5.74) is 1.13. The molecule has 3 fully saturated rings. The van der Waals surface area contributed by atoms with Crippen LogP contribution >= 0.6 is 0 Å². The van der Waals surface area contributed by atoms with Gasteiger partial charge in [-0.2, -0.15) is 4.57 Å². The number of urea groups is 1. The molecule has 35 heavy (non-hydrogen) atoms. The van der Waals surface area contributed by atoms with Crippen LogP contribution in [0.2, 0.25) is 0 Å². The van der Waals surface area contributed by atoms with Gasteiger partial charge in [0.15, 0.2) is 18.5 Å². The van der Waals surface area contributed by atoms with Gasteiger partial charge >= 0.3 is 6.03 Å². The molecule has 1 aliphatic carbocycles. The quantitative estimate of drug-likeness (QED) is 0.373. The van der Waals surface area contributed by atoms with E-state index in [1.807, 2.05) is 11.0 Å². The average molecular weight is 485 g/mol. The molecule has 2 aliphatic heterocycles. The Morgan fingerprint density at radius 1 is 1.20 bits per heavy atom. The molecule has 2 aromatic rings. The number of aromatic nitrogens is 2. The van der Waals surface area contributed by atoms with Gasteiger partial charge in [-0.15, -0.1) is 0 Å². The van der Waals surface area contributed by atoms with Crippen molar-refractivity contribution in [1.29, 1.82) is 0 Å². The molecule has 4 N–H and O–H groups in total. The monoisotopic (exact) mass is 484 g/mol. The molecule has 186 valence electrons. The molecule has 2 saturated heterocycles. The number of aliphatic hydroxyl groups is 3. The van der Waals surface area contributed by atoms with E-state index in [-0.39, 0.29) is 18.5 Å².